The fourth-order valence-electron chi connectivity index (χ4n) is 2.22. The van der Waals surface area contributed by atoms with Crippen LogP contribution in [0.2, 0.25) is 5.02 Å². The third-order valence-corrected chi connectivity index (χ3v) is 4.24. The number of anilines is 2. The predicted molar refractivity (Wildman–Crippen MR) is 98.0 cm³/mol. The topological polar surface area (TPSA) is 78.9 Å². The van der Waals surface area contributed by atoms with Crippen LogP contribution in [0.15, 0.2) is 52.4 Å². The van der Waals surface area contributed by atoms with Crippen LogP contribution in [0, 0.1) is 0 Å². The SMILES string of the molecule is Clc1cccc(Nc2ncnc3n[nH]c(/N=C/c4ccsc4)c23)c1. The van der Waals surface area contributed by atoms with Gasteiger partial charge in [0.15, 0.2) is 11.5 Å². The maximum absolute atomic E-state index is 6.03. The van der Waals surface area contributed by atoms with E-state index in [1.807, 2.05) is 41.1 Å². The van der Waals surface area contributed by atoms with Gasteiger partial charge in [0.1, 0.15) is 17.5 Å². The first-order chi connectivity index (χ1) is 11.8. The van der Waals surface area contributed by atoms with Gasteiger partial charge in [0, 0.05) is 22.5 Å². The Balaban J connectivity index is 1.74. The Morgan fingerprint density at radius 3 is 3.04 bits per heavy atom. The number of benzene rings is 1. The highest BCUT2D eigenvalue weighted by Gasteiger charge is 2.12. The molecule has 0 bridgehead atoms. The predicted octanol–water partition coefficient (Wildman–Crippen LogP) is 4.56. The molecule has 0 aliphatic heterocycles. The second-order valence-corrected chi connectivity index (χ2v) is 6.16. The van der Waals surface area contributed by atoms with Crippen LogP contribution in [0.3, 0.4) is 0 Å². The number of aromatic amines is 1. The van der Waals surface area contributed by atoms with E-state index in [0.29, 0.717) is 22.3 Å². The molecule has 4 rings (SSSR count). The molecule has 4 aromatic rings. The van der Waals surface area contributed by atoms with Gasteiger partial charge in [-0.05, 0) is 35.0 Å². The summed E-state index contributed by atoms with van der Waals surface area (Å²) in [4.78, 5) is 13.0. The number of nitrogens with one attached hydrogen (secondary N) is 2. The van der Waals surface area contributed by atoms with E-state index in [2.05, 4.69) is 30.5 Å². The van der Waals surface area contributed by atoms with Gasteiger partial charge in [0.25, 0.3) is 0 Å². The summed E-state index contributed by atoms with van der Waals surface area (Å²) in [6.07, 6.45) is 3.24. The third-order valence-electron chi connectivity index (χ3n) is 3.31. The minimum atomic E-state index is 0.548. The molecule has 0 fully saturated rings. The van der Waals surface area contributed by atoms with E-state index in [4.69, 9.17) is 11.6 Å². The van der Waals surface area contributed by atoms with Crippen LogP contribution in [0.1, 0.15) is 5.56 Å². The molecule has 118 valence electrons. The lowest BCUT2D eigenvalue weighted by atomic mass is 10.3. The highest BCUT2D eigenvalue weighted by atomic mass is 35.5. The Labute approximate surface area is 146 Å². The highest BCUT2D eigenvalue weighted by Crippen LogP contribution is 2.30. The number of aromatic nitrogens is 4. The second kappa shape index (κ2) is 6.38. The molecular weight excluding hydrogens is 344 g/mol. The molecule has 0 saturated carbocycles. The Morgan fingerprint density at radius 1 is 1.25 bits per heavy atom. The van der Waals surface area contributed by atoms with E-state index in [-0.39, 0.29) is 0 Å². The second-order valence-electron chi connectivity index (χ2n) is 4.94. The van der Waals surface area contributed by atoms with Crippen LogP contribution in [0.4, 0.5) is 17.3 Å². The molecule has 8 heteroatoms. The van der Waals surface area contributed by atoms with Crippen molar-refractivity contribution in [3.63, 3.8) is 0 Å². The average molecular weight is 355 g/mol. The van der Waals surface area contributed by atoms with E-state index in [1.165, 1.54) is 6.33 Å². The molecule has 6 nitrogen and oxygen atoms in total. The minimum Gasteiger partial charge on any atom is -0.339 e. The van der Waals surface area contributed by atoms with Crippen molar-refractivity contribution in [2.45, 2.75) is 0 Å². The molecule has 0 amide bonds. The maximum atomic E-state index is 6.03. The quantitative estimate of drug-likeness (QED) is 0.526. The standard InChI is InChI=1S/C16H11ClN6S/c17-11-2-1-3-12(6-11)21-14-13-15(18-7-10-4-5-24-8-10)22-23-16(13)20-9-19-14/h1-9H,(H2,19,20,21,22,23)/b18-7+. The lowest BCUT2D eigenvalue weighted by molar-refractivity contribution is 1.08. The number of hydrogen-bond acceptors (Lipinski definition) is 6. The van der Waals surface area contributed by atoms with Gasteiger partial charge in [-0.1, -0.05) is 17.7 Å². The fourth-order valence-corrected chi connectivity index (χ4v) is 3.02. The van der Waals surface area contributed by atoms with Gasteiger partial charge >= 0.3 is 0 Å². The van der Waals surface area contributed by atoms with Crippen LogP contribution < -0.4 is 5.32 Å². The number of hydrogen-bond donors (Lipinski definition) is 2. The molecule has 3 aromatic heterocycles. The summed E-state index contributed by atoms with van der Waals surface area (Å²) in [5.74, 6) is 1.22. The van der Waals surface area contributed by atoms with Crippen molar-refractivity contribution in [1.82, 2.24) is 20.2 Å². The highest BCUT2D eigenvalue weighted by molar-refractivity contribution is 7.08. The number of thiophene rings is 1. The molecule has 24 heavy (non-hydrogen) atoms. The number of aliphatic imine (C=N–C) groups is 1. The molecule has 1 aromatic carbocycles. The van der Waals surface area contributed by atoms with Crippen molar-refractivity contribution in [3.05, 3.63) is 58.0 Å². The van der Waals surface area contributed by atoms with Gasteiger partial charge in [-0.3, -0.25) is 5.10 Å². The van der Waals surface area contributed by atoms with Gasteiger partial charge in [0.2, 0.25) is 0 Å². The first kappa shape index (κ1) is 14.8. The Morgan fingerprint density at radius 2 is 2.21 bits per heavy atom. The van der Waals surface area contributed by atoms with Gasteiger partial charge in [-0.15, -0.1) is 0 Å². The van der Waals surface area contributed by atoms with Crippen molar-refractivity contribution in [3.8, 4) is 0 Å². The summed E-state index contributed by atoms with van der Waals surface area (Å²) < 4.78 is 0. The Kier molecular flexibility index (Phi) is 3.94. The summed E-state index contributed by atoms with van der Waals surface area (Å²) in [7, 11) is 0. The minimum absolute atomic E-state index is 0.548. The van der Waals surface area contributed by atoms with E-state index in [0.717, 1.165) is 16.6 Å². The molecule has 0 aliphatic rings. The molecule has 0 spiro atoms. The van der Waals surface area contributed by atoms with E-state index in [1.54, 1.807) is 17.6 Å². The normalized spacial score (nSPS) is 11.4. The van der Waals surface area contributed by atoms with E-state index >= 15 is 0 Å². The lowest BCUT2D eigenvalue weighted by Crippen LogP contribution is -1.95. The zero-order valence-corrected chi connectivity index (χ0v) is 13.8. The molecule has 2 N–H and O–H groups in total. The van der Waals surface area contributed by atoms with Gasteiger partial charge in [0.05, 0.1) is 0 Å². The maximum Gasteiger partial charge on any atom is 0.188 e. The molecule has 0 radical (unpaired) electrons. The summed E-state index contributed by atoms with van der Waals surface area (Å²) in [5.41, 5.74) is 2.41. The Hall–Kier alpha value is -2.77. The molecule has 3 heterocycles. The summed E-state index contributed by atoms with van der Waals surface area (Å²) in [5, 5.41) is 15.7. The Bertz CT molecular complexity index is 1010. The number of rotatable bonds is 4. The van der Waals surface area contributed by atoms with Crippen molar-refractivity contribution in [2.24, 2.45) is 4.99 Å². The van der Waals surface area contributed by atoms with Crippen LogP contribution in [0.5, 0.6) is 0 Å². The zero-order valence-electron chi connectivity index (χ0n) is 12.3. The van der Waals surface area contributed by atoms with Crippen molar-refractivity contribution in [1.29, 1.82) is 0 Å². The van der Waals surface area contributed by atoms with Crippen molar-refractivity contribution in [2.75, 3.05) is 5.32 Å². The van der Waals surface area contributed by atoms with Gasteiger partial charge in [-0.25, -0.2) is 15.0 Å². The molecule has 0 saturated heterocycles. The van der Waals surface area contributed by atoms with Gasteiger partial charge < -0.3 is 5.32 Å². The summed E-state index contributed by atoms with van der Waals surface area (Å²) >= 11 is 7.65. The summed E-state index contributed by atoms with van der Waals surface area (Å²) in [6.45, 7) is 0. The molecule has 0 aliphatic carbocycles. The number of H-pyrrole nitrogens is 1. The van der Waals surface area contributed by atoms with Crippen LogP contribution in [-0.4, -0.2) is 26.4 Å². The fraction of sp³-hybridized carbons (Fsp3) is 0. The number of nitrogens with zero attached hydrogens (tertiary/aromatic N) is 4. The van der Waals surface area contributed by atoms with Crippen LogP contribution in [0.25, 0.3) is 11.0 Å². The smallest absolute Gasteiger partial charge is 0.188 e. The monoisotopic (exact) mass is 354 g/mol. The van der Waals surface area contributed by atoms with Crippen LogP contribution in [-0.2, 0) is 0 Å². The number of fused-ring (bicyclic) bond motifs is 1. The molecular formula is C16H11ClN6S. The van der Waals surface area contributed by atoms with Crippen molar-refractivity contribution >= 4 is 57.5 Å². The first-order valence-corrected chi connectivity index (χ1v) is 8.39. The third kappa shape index (κ3) is 2.99. The van der Waals surface area contributed by atoms with Gasteiger partial charge in [-0.2, -0.15) is 16.4 Å². The van der Waals surface area contributed by atoms with E-state index in [9.17, 15) is 0 Å². The molecule has 0 atom stereocenters. The summed E-state index contributed by atoms with van der Waals surface area (Å²) in [6, 6.07) is 9.41. The average Bonchev–Trinajstić information content (AvgIpc) is 3.23. The zero-order chi connectivity index (χ0) is 16.4. The number of halogens is 1. The molecule has 0 unspecified atom stereocenters. The van der Waals surface area contributed by atoms with E-state index < -0.39 is 0 Å². The lowest BCUT2D eigenvalue weighted by Gasteiger charge is -2.06. The van der Waals surface area contributed by atoms with Crippen molar-refractivity contribution < 1.29 is 0 Å². The largest absolute Gasteiger partial charge is 0.339 e. The first-order valence-electron chi connectivity index (χ1n) is 7.07. The van der Waals surface area contributed by atoms with Crippen LogP contribution >= 0.6 is 22.9 Å².